The van der Waals surface area contributed by atoms with Gasteiger partial charge in [0.1, 0.15) is 11.4 Å². The smallest absolute Gasteiger partial charge is 0.244 e. The Bertz CT molecular complexity index is 1140. The van der Waals surface area contributed by atoms with Crippen LogP contribution in [0.15, 0.2) is 60.7 Å². The Hall–Kier alpha value is -3.13. The molecule has 8 heteroatoms. The van der Waals surface area contributed by atoms with Gasteiger partial charge in [-0.05, 0) is 24.1 Å². The molecule has 0 fully saturated rings. The Morgan fingerprint density at radius 2 is 1.70 bits per heavy atom. The molecule has 0 unspecified atom stereocenters. The van der Waals surface area contributed by atoms with Crippen LogP contribution < -0.4 is 9.62 Å². The monoisotopic (exact) mass is 424 g/mol. The summed E-state index contributed by atoms with van der Waals surface area (Å²) in [5, 5.41) is 3.28. The number of unbranched alkanes of at least 4 members (excludes halogenated alkanes) is 1. The van der Waals surface area contributed by atoms with Crippen molar-refractivity contribution in [1.29, 1.82) is 0 Å². The number of aromatic nitrogens is 2. The van der Waals surface area contributed by atoms with Gasteiger partial charge in [0.05, 0.1) is 6.54 Å². The number of para-hydroxylation sites is 1. The van der Waals surface area contributed by atoms with Crippen molar-refractivity contribution in [2.24, 2.45) is 0 Å². The Labute approximate surface area is 176 Å². The van der Waals surface area contributed by atoms with E-state index >= 15 is 0 Å². The maximum Gasteiger partial charge on any atom is 0.244 e. The van der Waals surface area contributed by atoms with Crippen LogP contribution in [0.2, 0.25) is 0 Å². The van der Waals surface area contributed by atoms with Gasteiger partial charge in [-0.15, -0.1) is 0 Å². The molecule has 30 heavy (non-hydrogen) atoms. The van der Waals surface area contributed by atoms with Crippen molar-refractivity contribution in [3.8, 4) is 5.69 Å². The van der Waals surface area contributed by atoms with Crippen LogP contribution in [-0.4, -0.2) is 36.0 Å². The number of hydrogen-bond acceptors (Lipinski definition) is 5. The minimum absolute atomic E-state index is 0.129. The standard InChI is InChI=1S/C22H24N4O3S/c1-2-3-14-23-22-24-21-20(26(22)18-12-8-5-9-13-18)19(27)16-30(28,29)25(21)15-17-10-6-4-7-11-17/h4-13H,2-3,14-16H2,1H3,(H,23,24). The first kappa shape index (κ1) is 20.2. The minimum Gasteiger partial charge on any atom is -0.355 e. The second-order valence-corrected chi connectivity index (χ2v) is 9.12. The largest absolute Gasteiger partial charge is 0.355 e. The van der Waals surface area contributed by atoms with Crippen LogP contribution in [0.5, 0.6) is 0 Å². The number of fused-ring (bicyclic) bond motifs is 1. The fraction of sp³-hybridized carbons (Fsp3) is 0.273. The van der Waals surface area contributed by atoms with E-state index in [9.17, 15) is 13.2 Å². The molecule has 0 saturated carbocycles. The van der Waals surface area contributed by atoms with E-state index in [4.69, 9.17) is 0 Å². The predicted octanol–water partition coefficient (Wildman–Crippen LogP) is 3.62. The lowest BCUT2D eigenvalue weighted by Crippen LogP contribution is -2.41. The van der Waals surface area contributed by atoms with Crippen molar-refractivity contribution < 1.29 is 13.2 Å². The summed E-state index contributed by atoms with van der Waals surface area (Å²) in [7, 11) is -3.81. The van der Waals surface area contributed by atoms with Crippen molar-refractivity contribution in [2.75, 3.05) is 21.9 Å². The molecule has 1 aliphatic heterocycles. The number of carbonyl (C=O) groups is 1. The van der Waals surface area contributed by atoms with Crippen LogP contribution in [-0.2, 0) is 16.6 Å². The number of anilines is 2. The topological polar surface area (TPSA) is 84.3 Å². The zero-order chi connectivity index (χ0) is 21.1. The molecule has 0 aliphatic carbocycles. The van der Waals surface area contributed by atoms with Gasteiger partial charge >= 0.3 is 0 Å². The quantitative estimate of drug-likeness (QED) is 0.586. The van der Waals surface area contributed by atoms with Gasteiger partial charge in [0.2, 0.25) is 16.0 Å². The van der Waals surface area contributed by atoms with Gasteiger partial charge in [0.25, 0.3) is 0 Å². The summed E-state index contributed by atoms with van der Waals surface area (Å²) in [4.78, 5) is 17.5. The molecular formula is C22H24N4O3S. The van der Waals surface area contributed by atoms with Crippen LogP contribution in [0, 0.1) is 0 Å². The number of Topliss-reactive ketones (excluding diaryl/α,β-unsaturated/α-hetero) is 1. The highest BCUT2D eigenvalue weighted by molar-refractivity contribution is 7.93. The van der Waals surface area contributed by atoms with E-state index in [1.165, 1.54) is 4.31 Å². The molecule has 0 amide bonds. The lowest BCUT2D eigenvalue weighted by Gasteiger charge is -2.27. The number of hydrogen-bond donors (Lipinski definition) is 1. The van der Waals surface area contributed by atoms with E-state index in [0.29, 0.717) is 18.2 Å². The van der Waals surface area contributed by atoms with E-state index in [0.717, 1.165) is 24.1 Å². The normalized spacial score (nSPS) is 15.1. The molecule has 1 aliphatic rings. The lowest BCUT2D eigenvalue weighted by molar-refractivity contribution is 0.101. The molecule has 1 aromatic heterocycles. The lowest BCUT2D eigenvalue weighted by atomic mass is 10.2. The van der Waals surface area contributed by atoms with Gasteiger partial charge in [0.15, 0.2) is 11.6 Å². The molecule has 1 N–H and O–H groups in total. The Balaban J connectivity index is 1.86. The minimum atomic E-state index is -3.81. The number of imidazole rings is 1. The van der Waals surface area contributed by atoms with E-state index in [1.807, 2.05) is 60.7 Å². The summed E-state index contributed by atoms with van der Waals surface area (Å²) < 4.78 is 28.8. The van der Waals surface area contributed by atoms with Crippen molar-refractivity contribution in [2.45, 2.75) is 26.3 Å². The number of benzene rings is 2. The predicted molar refractivity (Wildman–Crippen MR) is 118 cm³/mol. The molecule has 2 aromatic carbocycles. The van der Waals surface area contributed by atoms with Gasteiger partial charge in [-0.25, -0.2) is 12.7 Å². The van der Waals surface area contributed by atoms with Gasteiger partial charge in [-0.2, -0.15) is 4.98 Å². The molecule has 0 spiro atoms. The van der Waals surface area contributed by atoms with Gasteiger partial charge in [0, 0.05) is 12.2 Å². The van der Waals surface area contributed by atoms with Crippen molar-refractivity contribution in [3.63, 3.8) is 0 Å². The Morgan fingerprint density at radius 3 is 2.37 bits per heavy atom. The highest BCUT2D eigenvalue weighted by Crippen LogP contribution is 2.35. The summed E-state index contributed by atoms with van der Waals surface area (Å²) in [6.07, 6.45) is 1.94. The fourth-order valence-corrected chi connectivity index (χ4v) is 4.88. The number of rotatable bonds is 7. The molecule has 3 aromatic rings. The molecule has 4 rings (SSSR count). The van der Waals surface area contributed by atoms with E-state index < -0.39 is 21.6 Å². The molecule has 0 bridgehead atoms. The first-order valence-corrected chi connectivity index (χ1v) is 11.6. The third-order valence-electron chi connectivity index (χ3n) is 5.01. The maximum absolute atomic E-state index is 12.9. The van der Waals surface area contributed by atoms with Gasteiger partial charge < -0.3 is 5.32 Å². The number of sulfonamides is 1. The third kappa shape index (κ3) is 3.82. The number of nitrogens with zero attached hydrogens (tertiary/aromatic N) is 3. The third-order valence-corrected chi connectivity index (χ3v) is 6.61. The number of carbonyl (C=O) groups excluding carboxylic acids is 1. The Kier molecular flexibility index (Phi) is 5.59. The van der Waals surface area contributed by atoms with Crippen molar-refractivity contribution in [3.05, 3.63) is 71.9 Å². The molecule has 0 radical (unpaired) electrons. The molecule has 0 atom stereocenters. The van der Waals surface area contributed by atoms with Crippen molar-refractivity contribution >= 4 is 27.6 Å². The van der Waals surface area contributed by atoms with Gasteiger partial charge in [-0.1, -0.05) is 61.9 Å². The summed E-state index contributed by atoms with van der Waals surface area (Å²) in [6, 6.07) is 18.7. The van der Waals surface area contributed by atoms with Crippen LogP contribution >= 0.6 is 0 Å². The summed E-state index contributed by atoms with van der Waals surface area (Å²) in [5.74, 6) is -0.366. The Morgan fingerprint density at radius 1 is 1.03 bits per heavy atom. The van der Waals surface area contributed by atoms with E-state index in [2.05, 4.69) is 17.2 Å². The average Bonchev–Trinajstić information content (AvgIpc) is 3.12. The summed E-state index contributed by atoms with van der Waals surface area (Å²) >= 11 is 0. The molecular weight excluding hydrogens is 400 g/mol. The summed E-state index contributed by atoms with van der Waals surface area (Å²) in [6.45, 7) is 2.90. The zero-order valence-electron chi connectivity index (χ0n) is 16.8. The molecule has 156 valence electrons. The number of nitrogens with one attached hydrogen (secondary N) is 1. The zero-order valence-corrected chi connectivity index (χ0v) is 17.6. The molecule has 0 saturated heterocycles. The first-order chi connectivity index (χ1) is 14.5. The second-order valence-electron chi connectivity index (χ2n) is 7.23. The van der Waals surface area contributed by atoms with E-state index in [-0.39, 0.29) is 12.4 Å². The molecule has 2 heterocycles. The highest BCUT2D eigenvalue weighted by atomic mass is 32.2. The maximum atomic E-state index is 12.9. The van der Waals surface area contributed by atoms with Gasteiger partial charge in [-0.3, -0.25) is 9.36 Å². The second kappa shape index (κ2) is 8.31. The first-order valence-electron chi connectivity index (χ1n) is 10.0. The van der Waals surface area contributed by atoms with E-state index in [1.54, 1.807) is 4.57 Å². The van der Waals surface area contributed by atoms with Crippen LogP contribution in [0.3, 0.4) is 0 Å². The van der Waals surface area contributed by atoms with Crippen LogP contribution in [0.1, 0.15) is 35.8 Å². The fourth-order valence-electron chi connectivity index (χ4n) is 3.52. The average molecular weight is 425 g/mol. The van der Waals surface area contributed by atoms with Crippen LogP contribution in [0.25, 0.3) is 5.69 Å². The van der Waals surface area contributed by atoms with Crippen molar-refractivity contribution in [1.82, 2.24) is 9.55 Å². The van der Waals surface area contributed by atoms with Crippen LogP contribution in [0.4, 0.5) is 11.8 Å². The molecule has 7 nitrogen and oxygen atoms in total. The SMILES string of the molecule is CCCCNc1nc2c(n1-c1ccccc1)C(=O)CS(=O)(=O)N2Cc1ccccc1. The number of ketones is 1. The summed E-state index contributed by atoms with van der Waals surface area (Å²) in [5.41, 5.74) is 1.89. The highest BCUT2D eigenvalue weighted by Gasteiger charge is 2.40.